The summed E-state index contributed by atoms with van der Waals surface area (Å²) in [5.41, 5.74) is 2.05. The maximum Gasteiger partial charge on any atom is 0.251 e. The van der Waals surface area contributed by atoms with Crippen molar-refractivity contribution in [3.8, 4) is 0 Å². The number of rotatable bonds is 8. The molecule has 0 fully saturated rings. The Balaban J connectivity index is 1.62. The quantitative estimate of drug-likeness (QED) is 0.506. The second-order valence-corrected chi connectivity index (χ2v) is 8.08. The third kappa shape index (κ3) is 5.52. The van der Waals surface area contributed by atoms with Gasteiger partial charge in [0.05, 0.1) is 11.8 Å². The Morgan fingerprint density at radius 3 is 2.66 bits per heavy atom. The standard InChI is InChI=1S/C17H18ClN7O2S2/c1-3-25-14(10(2)20-15(27)11-4-6-12(18)7-5-11)22-24-17(25)28-8-13(26)21-16-23-19-9-29-16/h4-7,9-10H,3,8H2,1-2H3,(H,20,27)(H,21,23,26)/t10-/m0/s1. The SMILES string of the molecule is CCn1c(SCC(=O)Nc2nncs2)nnc1[C@H](C)NC(=O)c1ccc(Cl)cc1. The van der Waals surface area contributed by atoms with Crippen LogP contribution in [0.1, 0.15) is 36.1 Å². The number of hydrogen-bond acceptors (Lipinski definition) is 8. The summed E-state index contributed by atoms with van der Waals surface area (Å²) in [5, 5.41) is 23.0. The van der Waals surface area contributed by atoms with E-state index in [0.717, 1.165) is 0 Å². The van der Waals surface area contributed by atoms with Crippen LogP contribution < -0.4 is 10.6 Å². The van der Waals surface area contributed by atoms with E-state index >= 15 is 0 Å². The van der Waals surface area contributed by atoms with Gasteiger partial charge >= 0.3 is 0 Å². The van der Waals surface area contributed by atoms with Crippen LogP contribution in [0, 0.1) is 0 Å². The van der Waals surface area contributed by atoms with Crippen LogP contribution in [0.4, 0.5) is 5.13 Å². The summed E-state index contributed by atoms with van der Waals surface area (Å²) >= 11 is 8.37. The number of carbonyl (C=O) groups is 2. The van der Waals surface area contributed by atoms with E-state index in [0.29, 0.717) is 33.2 Å². The van der Waals surface area contributed by atoms with Crippen molar-refractivity contribution >= 4 is 51.6 Å². The Bertz CT molecular complexity index is 976. The first-order valence-electron chi connectivity index (χ1n) is 8.66. The maximum atomic E-state index is 12.4. The molecule has 0 aliphatic carbocycles. The number of halogens is 1. The normalized spacial score (nSPS) is 11.8. The first-order chi connectivity index (χ1) is 14.0. The van der Waals surface area contributed by atoms with E-state index in [1.165, 1.54) is 23.1 Å². The maximum absolute atomic E-state index is 12.4. The minimum absolute atomic E-state index is 0.156. The lowest BCUT2D eigenvalue weighted by molar-refractivity contribution is -0.113. The molecule has 0 spiro atoms. The molecule has 0 aliphatic rings. The predicted molar refractivity (Wildman–Crippen MR) is 112 cm³/mol. The van der Waals surface area contributed by atoms with Gasteiger partial charge in [0, 0.05) is 17.1 Å². The Labute approximate surface area is 180 Å². The van der Waals surface area contributed by atoms with Gasteiger partial charge in [-0.25, -0.2) is 0 Å². The molecule has 2 amide bonds. The molecule has 0 saturated heterocycles. The monoisotopic (exact) mass is 451 g/mol. The second kappa shape index (κ2) is 9.81. The van der Waals surface area contributed by atoms with Gasteiger partial charge in [-0.15, -0.1) is 20.4 Å². The molecule has 2 aromatic heterocycles. The van der Waals surface area contributed by atoms with E-state index in [9.17, 15) is 9.59 Å². The molecule has 0 bridgehead atoms. The summed E-state index contributed by atoms with van der Waals surface area (Å²) in [6, 6.07) is 6.28. The van der Waals surface area contributed by atoms with Gasteiger partial charge in [-0.3, -0.25) is 14.9 Å². The van der Waals surface area contributed by atoms with E-state index < -0.39 is 0 Å². The largest absolute Gasteiger partial charge is 0.342 e. The fraction of sp³-hybridized carbons (Fsp3) is 0.294. The number of benzene rings is 1. The summed E-state index contributed by atoms with van der Waals surface area (Å²) in [5.74, 6) is 0.332. The Hall–Kier alpha value is -2.50. The molecule has 3 rings (SSSR count). The van der Waals surface area contributed by atoms with E-state index in [-0.39, 0.29) is 23.6 Å². The molecule has 1 atom stereocenters. The fourth-order valence-corrected chi connectivity index (χ4v) is 3.88. The highest BCUT2D eigenvalue weighted by Gasteiger charge is 2.20. The smallest absolute Gasteiger partial charge is 0.251 e. The molecule has 9 nitrogen and oxygen atoms in total. The summed E-state index contributed by atoms with van der Waals surface area (Å²) in [6.45, 7) is 4.39. The first-order valence-corrected chi connectivity index (χ1v) is 10.9. The minimum Gasteiger partial charge on any atom is -0.342 e. The van der Waals surface area contributed by atoms with Crippen LogP contribution in [0.3, 0.4) is 0 Å². The third-order valence-corrected chi connectivity index (χ3v) is 5.67. The highest BCUT2D eigenvalue weighted by atomic mass is 35.5. The first kappa shape index (κ1) is 21.2. The van der Waals surface area contributed by atoms with Gasteiger partial charge in [0.2, 0.25) is 11.0 Å². The van der Waals surface area contributed by atoms with Crippen LogP contribution >= 0.6 is 34.7 Å². The number of anilines is 1. The van der Waals surface area contributed by atoms with Crippen molar-refractivity contribution in [2.75, 3.05) is 11.1 Å². The molecule has 1 aromatic carbocycles. The van der Waals surface area contributed by atoms with E-state index in [4.69, 9.17) is 11.6 Å². The average molecular weight is 452 g/mol. The molecule has 2 N–H and O–H groups in total. The predicted octanol–water partition coefficient (Wildman–Crippen LogP) is 3.02. The number of amides is 2. The van der Waals surface area contributed by atoms with E-state index in [2.05, 4.69) is 31.0 Å². The van der Waals surface area contributed by atoms with Crippen LogP contribution in [0.2, 0.25) is 5.02 Å². The second-order valence-electron chi connectivity index (χ2n) is 5.87. The molecular formula is C17H18ClN7O2S2. The van der Waals surface area contributed by atoms with Crippen LogP contribution in [0.25, 0.3) is 0 Å². The molecule has 2 heterocycles. The van der Waals surface area contributed by atoms with Gasteiger partial charge in [0.15, 0.2) is 11.0 Å². The Morgan fingerprint density at radius 2 is 2.00 bits per heavy atom. The van der Waals surface area contributed by atoms with Gasteiger partial charge in [-0.1, -0.05) is 34.7 Å². The van der Waals surface area contributed by atoms with Crippen molar-refractivity contribution in [2.24, 2.45) is 0 Å². The van der Waals surface area contributed by atoms with Crippen molar-refractivity contribution < 1.29 is 9.59 Å². The van der Waals surface area contributed by atoms with Crippen LogP contribution in [-0.2, 0) is 11.3 Å². The van der Waals surface area contributed by atoms with Gasteiger partial charge < -0.3 is 9.88 Å². The summed E-state index contributed by atoms with van der Waals surface area (Å²) in [6.07, 6.45) is 0. The van der Waals surface area contributed by atoms with E-state index in [1.807, 2.05) is 18.4 Å². The van der Waals surface area contributed by atoms with Gasteiger partial charge in [-0.05, 0) is 38.1 Å². The number of thioether (sulfide) groups is 1. The molecule has 0 unspecified atom stereocenters. The van der Waals surface area contributed by atoms with Crippen molar-refractivity contribution in [1.29, 1.82) is 0 Å². The van der Waals surface area contributed by atoms with E-state index in [1.54, 1.807) is 29.8 Å². The molecular weight excluding hydrogens is 434 g/mol. The van der Waals surface area contributed by atoms with Crippen molar-refractivity contribution in [1.82, 2.24) is 30.3 Å². The van der Waals surface area contributed by atoms with Gasteiger partial charge in [-0.2, -0.15) is 0 Å². The van der Waals surface area contributed by atoms with Crippen LogP contribution in [0.5, 0.6) is 0 Å². The zero-order valence-corrected chi connectivity index (χ0v) is 18.0. The van der Waals surface area contributed by atoms with Crippen LogP contribution in [-0.4, -0.2) is 42.5 Å². The lowest BCUT2D eigenvalue weighted by Crippen LogP contribution is -2.28. The lowest BCUT2D eigenvalue weighted by Gasteiger charge is -2.15. The van der Waals surface area contributed by atoms with Crippen molar-refractivity contribution in [2.45, 2.75) is 31.6 Å². The van der Waals surface area contributed by atoms with Crippen molar-refractivity contribution in [3.05, 3.63) is 46.2 Å². The minimum atomic E-state index is -0.366. The molecule has 0 aliphatic heterocycles. The molecule has 0 saturated carbocycles. The highest BCUT2D eigenvalue weighted by Crippen LogP contribution is 2.21. The summed E-state index contributed by atoms with van der Waals surface area (Å²) in [7, 11) is 0. The Kier molecular flexibility index (Phi) is 7.18. The lowest BCUT2D eigenvalue weighted by atomic mass is 10.2. The number of nitrogens with one attached hydrogen (secondary N) is 2. The zero-order chi connectivity index (χ0) is 20.8. The number of nitrogens with zero attached hydrogens (tertiary/aromatic N) is 5. The van der Waals surface area contributed by atoms with Crippen LogP contribution in [0.15, 0.2) is 34.9 Å². The fourth-order valence-electron chi connectivity index (χ4n) is 2.48. The average Bonchev–Trinajstić information content (AvgIpc) is 3.36. The number of aromatic nitrogens is 5. The summed E-state index contributed by atoms with van der Waals surface area (Å²) < 4.78 is 1.87. The highest BCUT2D eigenvalue weighted by molar-refractivity contribution is 7.99. The third-order valence-electron chi connectivity index (χ3n) is 3.84. The molecule has 12 heteroatoms. The zero-order valence-electron chi connectivity index (χ0n) is 15.6. The van der Waals surface area contributed by atoms with Gasteiger partial charge in [0.1, 0.15) is 5.51 Å². The summed E-state index contributed by atoms with van der Waals surface area (Å²) in [4.78, 5) is 24.5. The number of carbonyl (C=O) groups excluding carboxylic acids is 2. The number of hydrogen-bond donors (Lipinski definition) is 2. The molecule has 0 radical (unpaired) electrons. The molecule has 3 aromatic rings. The topological polar surface area (TPSA) is 115 Å². The van der Waals surface area contributed by atoms with Crippen molar-refractivity contribution in [3.63, 3.8) is 0 Å². The van der Waals surface area contributed by atoms with Gasteiger partial charge in [0.25, 0.3) is 5.91 Å². The Morgan fingerprint density at radius 1 is 1.24 bits per heavy atom. The molecule has 152 valence electrons. The molecule has 29 heavy (non-hydrogen) atoms.